The fraction of sp³-hybridized carbons (Fsp3) is 0.250. The van der Waals surface area contributed by atoms with Crippen LogP contribution in [0.25, 0.3) is 11.3 Å². The maximum atomic E-state index is 12.1. The maximum Gasteiger partial charge on any atom is 0.377 e. The number of carboxylic acids is 1. The van der Waals surface area contributed by atoms with Crippen LogP contribution < -0.4 is 14.6 Å². The molecule has 2 heterocycles. The topological polar surface area (TPSA) is 111 Å². The molecule has 0 bridgehead atoms. The first-order valence-corrected chi connectivity index (χ1v) is 12.7. The Morgan fingerprint density at radius 3 is 2.70 bits per heavy atom. The van der Waals surface area contributed by atoms with Crippen molar-refractivity contribution >= 4 is 23.3 Å². The number of rotatable bonds is 12. The Morgan fingerprint density at radius 2 is 1.97 bits per heavy atom. The van der Waals surface area contributed by atoms with Gasteiger partial charge in [-0.05, 0) is 72.3 Å². The molecule has 0 spiro atoms. The minimum Gasteiger partial charge on any atom is -0.550 e. The number of benzene rings is 2. The fourth-order valence-electron chi connectivity index (χ4n) is 3.77. The van der Waals surface area contributed by atoms with Crippen LogP contribution in [-0.2, 0) is 16.1 Å². The van der Waals surface area contributed by atoms with Crippen molar-refractivity contribution in [2.45, 2.75) is 39.4 Å². The molecule has 192 valence electrons. The van der Waals surface area contributed by atoms with Crippen LogP contribution in [0.15, 0.2) is 69.9 Å². The Balaban J connectivity index is 1.70. The number of nitrogens with zero attached hydrogens (tertiary/aromatic N) is 1. The van der Waals surface area contributed by atoms with E-state index >= 15 is 0 Å². The van der Waals surface area contributed by atoms with Gasteiger partial charge in [-0.3, -0.25) is 0 Å². The molecule has 0 aliphatic heterocycles. The van der Waals surface area contributed by atoms with Crippen molar-refractivity contribution in [2.24, 2.45) is 0 Å². The number of aliphatic carboxylic acids is 1. The Kier molecular flexibility index (Phi) is 8.58. The minimum atomic E-state index is -1.16. The third-order valence-corrected chi connectivity index (χ3v) is 6.35. The van der Waals surface area contributed by atoms with Crippen LogP contribution >= 0.6 is 11.3 Å². The zero-order valence-corrected chi connectivity index (χ0v) is 21.3. The van der Waals surface area contributed by atoms with Crippen molar-refractivity contribution in [3.63, 3.8) is 0 Å². The lowest BCUT2D eigenvalue weighted by atomic mass is 9.99. The van der Waals surface area contributed by atoms with Gasteiger partial charge in [0.1, 0.15) is 29.9 Å². The summed E-state index contributed by atoms with van der Waals surface area (Å²) in [6.07, 6.45) is -0.569. The van der Waals surface area contributed by atoms with Crippen molar-refractivity contribution in [1.82, 2.24) is 5.16 Å². The van der Waals surface area contributed by atoms with Gasteiger partial charge in [0, 0.05) is 23.7 Å². The average molecular weight is 521 g/mol. The standard InChI is InChI=1S/C28H27NO7S/c1-3-33-28(32)26-15-23(29-36-26)22-9-8-20(34-16-19-12-13-37-17-19)14-25(22)35-24(10-11-27(30)31)21-7-5-4-6-18(21)2/h4-9,12-15,17,24H,3,10-11,16H2,1-2H3,(H,30,31)/p-1. The van der Waals surface area contributed by atoms with Crippen LogP contribution in [0.4, 0.5) is 0 Å². The van der Waals surface area contributed by atoms with Gasteiger partial charge in [0.25, 0.3) is 0 Å². The van der Waals surface area contributed by atoms with Gasteiger partial charge in [0.2, 0.25) is 5.76 Å². The molecule has 37 heavy (non-hydrogen) atoms. The van der Waals surface area contributed by atoms with Crippen LogP contribution in [0.1, 0.15) is 53.1 Å². The summed E-state index contributed by atoms with van der Waals surface area (Å²) in [4.78, 5) is 23.4. The van der Waals surface area contributed by atoms with E-state index < -0.39 is 18.0 Å². The molecule has 0 radical (unpaired) electrons. The third kappa shape index (κ3) is 6.77. The van der Waals surface area contributed by atoms with Gasteiger partial charge in [-0.25, -0.2) is 4.79 Å². The predicted octanol–water partition coefficient (Wildman–Crippen LogP) is 5.12. The largest absolute Gasteiger partial charge is 0.550 e. The van der Waals surface area contributed by atoms with Gasteiger partial charge in [-0.1, -0.05) is 29.4 Å². The monoisotopic (exact) mass is 520 g/mol. The molecule has 4 rings (SSSR count). The third-order valence-electron chi connectivity index (χ3n) is 5.62. The molecule has 2 aromatic carbocycles. The molecule has 0 aliphatic carbocycles. The first kappa shape index (κ1) is 26.0. The summed E-state index contributed by atoms with van der Waals surface area (Å²) in [6.45, 7) is 4.23. The van der Waals surface area contributed by atoms with Gasteiger partial charge < -0.3 is 28.6 Å². The zero-order chi connectivity index (χ0) is 26.2. The van der Waals surface area contributed by atoms with E-state index in [1.807, 2.05) is 48.0 Å². The summed E-state index contributed by atoms with van der Waals surface area (Å²) in [5, 5.41) is 19.3. The lowest BCUT2D eigenvalue weighted by molar-refractivity contribution is -0.306. The van der Waals surface area contributed by atoms with Gasteiger partial charge in [0.15, 0.2) is 0 Å². The average Bonchev–Trinajstić information content (AvgIpc) is 3.59. The molecular formula is C28H26NO7S-. The Hall–Kier alpha value is -4.11. The van der Waals surface area contributed by atoms with Gasteiger partial charge in [-0.15, -0.1) is 0 Å². The van der Waals surface area contributed by atoms with Crippen LogP contribution in [0.5, 0.6) is 11.5 Å². The minimum absolute atomic E-state index is 0.0343. The molecular weight excluding hydrogens is 494 g/mol. The summed E-state index contributed by atoms with van der Waals surface area (Å²) >= 11 is 1.59. The predicted molar refractivity (Wildman–Crippen MR) is 135 cm³/mol. The number of esters is 1. The van der Waals surface area contributed by atoms with E-state index in [9.17, 15) is 14.7 Å². The molecule has 0 N–H and O–H groups in total. The molecule has 0 amide bonds. The van der Waals surface area contributed by atoms with E-state index in [0.29, 0.717) is 29.4 Å². The van der Waals surface area contributed by atoms with Crippen molar-refractivity contribution in [2.75, 3.05) is 6.61 Å². The smallest absolute Gasteiger partial charge is 0.377 e. The molecule has 1 unspecified atom stereocenters. The number of carbonyl (C=O) groups excluding carboxylic acids is 2. The molecule has 0 fully saturated rings. The lowest BCUT2D eigenvalue weighted by Crippen LogP contribution is -2.23. The van der Waals surface area contributed by atoms with Crippen molar-refractivity contribution < 1.29 is 33.4 Å². The molecule has 0 saturated carbocycles. The van der Waals surface area contributed by atoms with Gasteiger partial charge in [-0.2, -0.15) is 11.3 Å². The summed E-state index contributed by atoms with van der Waals surface area (Å²) in [6, 6.07) is 16.4. The number of carbonyl (C=O) groups is 2. The van der Waals surface area contributed by atoms with Crippen LogP contribution in [0.2, 0.25) is 0 Å². The molecule has 0 aliphatic rings. The van der Waals surface area contributed by atoms with E-state index in [1.165, 1.54) is 6.07 Å². The maximum absolute atomic E-state index is 12.1. The highest BCUT2D eigenvalue weighted by atomic mass is 32.1. The first-order valence-electron chi connectivity index (χ1n) is 11.8. The number of aromatic nitrogens is 1. The number of ether oxygens (including phenoxy) is 3. The van der Waals surface area contributed by atoms with E-state index in [2.05, 4.69) is 5.16 Å². The molecule has 8 nitrogen and oxygen atoms in total. The Morgan fingerprint density at radius 1 is 1.14 bits per heavy atom. The van der Waals surface area contributed by atoms with Crippen molar-refractivity contribution in [1.29, 1.82) is 0 Å². The number of aryl methyl sites for hydroxylation is 1. The van der Waals surface area contributed by atoms with Crippen LogP contribution in [0, 0.1) is 6.92 Å². The van der Waals surface area contributed by atoms with Gasteiger partial charge >= 0.3 is 5.97 Å². The highest BCUT2D eigenvalue weighted by Gasteiger charge is 2.22. The summed E-state index contributed by atoms with van der Waals surface area (Å²) < 4.78 is 22.6. The summed E-state index contributed by atoms with van der Waals surface area (Å²) in [5.74, 6) is -0.856. The second-order valence-corrected chi connectivity index (χ2v) is 9.03. The molecule has 0 saturated heterocycles. The lowest BCUT2D eigenvalue weighted by Gasteiger charge is -2.23. The Labute approximate surface area is 218 Å². The van der Waals surface area contributed by atoms with Crippen LogP contribution in [-0.4, -0.2) is 23.7 Å². The zero-order valence-electron chi connectivity index (χ0n) is 20.5. The molecule has 1 atom stereocenters. The van der Waals surface area contributed by atoms with Crippen LogP contribution in [0.3, 0.4) is 0 Å². The molecule has 4 aromatic rings. The summed E-state index contributed by atoms with van der Waals surface area (Å²) in [7, 11) is 0. The number of thiophene rings is 1. The van der Waals surface area contributed by atoms with E-state index in [1.54, 1.807) is 36.5 Å². The second-order valence-electron chi connectivity index (χ2n) is 8.25. The normalized spacial score (nSPS) is 11.6. The number of hydrogen-bond acceptors (Lipinski definition) is 9. The highest BCUT2D eigenvalue weighted by molar-refractivity contribution is 7.07. The molecule has 2 aromatic heterocycles. The fourth-order valence-corrected chi connectivity index (χ4v) is 4.43. The van der Waals surface area contributed by atoms with E-state index in [4.69, 9.17) is 18.7 Å². The first-order chi connectivity index (χ1) is 17.9. The second kappa shape index (κ2) is 12.2. The Bertz CT molecular complexity index is 1350. The van der Waals surface area contributed by atoms with E-state index in [-0.39, 0.29) is 25.2 Å². The number of hydrogen-bond donors (Lipinski definition) is 0. The van der Waals surface area contributed by atoms with E-state index in [0.717, 1.165) is 16.7 Å². The quantitative estimate of drug-likeness (QED) is 0.237. The van der Waals surface area contributed by atoms with Gasteiger partial charge in [0.05, 0.1) is 6.61 Å². The SMILES string of the molecule is CCOC(=O)c1cc(-c2ccc(OCc3ccsc3)cc2OC(CCC(=O)[O-])c2ccccc2C)no1. The molecule has 9 heteroatoms. The van der Waals surface area contributed by atoms with Crippen molar-refractivity contribution in [3.8, 4) is 22.8 Å². The van der Waals surface area contributed by atoms with Crippen molar-refractivity contribution in [3.05, 3.63) is 87.8 Å². The highest BCUT2D eigenvalue weighted by Crippen LogP contribution is 2.38. The summed E-state index contributed by atoms with van der Waals surface area (Å²) in [5.41, 5.74) is 3.77. The number of carboxylic acid groups (broad SMARTS) is 1.